The van der Waals surface area contributed by atoms with Crippen LogP contribution in [0.5, 0.6) is 5.75 Å². The van der Waals surface area contributed by atoms with Gasteiger partial charge in [-0.25, -0.2) is 4.79 Å². The van der Waals surface area contributed by atoms with Crippen LogP contribution in [-0.2, 0) is 0 Å². The molecule has 0 amide bonds. The van der Waals surface area contributed by atoms with Gasteiger partial charge in [-0.2, -0.15) is 0 Å². The van der Waals surface area contributed by atoms with E-state index in [0.29, 0.717) is 16.7 Å². The molecule has 0 aliphatic carbocycles. The van der Waals surface area contributed by atoms with E-state index in [4.69, 9.17) is 4.42 Å². The molecule has 122 valence electrons. The minimum absolute atomic E-state index is 0.158. The summed E-state index contributed by atoms with van der Waals surface area (Å²) in [6.45, 7) is 2.01. The van der Waals surface area contributed by atoms with Crippen LogP contribution < -0.4 is 5.63 Å². The van der Waals surface area contributed by atoms with Crippen molar-refractivity contribution in [3.8, 4) is 28.0 Å². The average Bonchev–Trinajstić information content (AvgIpc) is 2.63. The largest absolute Gasteiger partial charge is 0.508 e. The summed E-state index contributed by atoms with van der Waals surface area (Å²) >= 11 is 0. The molecule has 25 heavy (non-hydrogen) atoms. The van der Waals surface area contributed by atoms with Crippen LogP contribution in [0.15, 0.2) is 82.0 Å². The Kier molecular flexibility index (Phi) is 3.62. The number of fused-ring (bicyclic) bond motifs is 1. The summed E-state index contributed by atoms with van der Waals surface area (Å²) in [6, 6.07) is 22.2. The zero-order valence-electron chi connectivity index (χ0n) is 13.7. The van der Waals surface area contributed by atoms with Crippen molar-refractivity contribution in [2.45, 2.75) is 6.92 Å². The number of benzene rings is 3. The standard InChI is InChI=1S/C22H16O3/c1-14-7-12-19-18(13-14)20(15-5-3-2-4-6-15)21(22(24)25-19)16-8-10-17(23)11-9-16/h2-13,23H,1H3. The number of aryl methyl sites for hydroxylation is 1. The molecule has 4 rings (SSSR count). The Hall–Kier alpha value is -3.33. The maximum Gasteiger partial charge on any atom is 0.344 e. The van der Waals surface area contributed by atoms with Crippen molar-refractivity contribution in [2.24, 2.45) is 0 Å². The number of hydrogen-bond acceptors (Lipinski definition) is 3. The van der Waals surface area contributed by atoms with E-state index in [1.54, 1.807) is 24.3 Å². The molecule has 0 aliphatic heterocycles. The molecule has 0 saturated heterocycles. The van der Waals surface area contributed by atoms with Gasteiger partial charge in [-0.3, -0.25) is 0 Å². The van der Waals surface area contributed by atoms with Gasteiger partial charge in [0.15, 0.2) is 0 Å². The molecule has 0 unspecified atom stereocenters. The molecule has 0 spiro atoms. The lowest BCUT2D eigenvalue weighted by Crippen LogP contribution is -2.06. The van der Waals surface area contributed by atoms with Gasteiger partial charge in [0, 0.05) is 10.9 Å². The summed E-state index contributed by atoms with van der Waals surface area (Å²) in [5.41, 5.74) is 4.29. The normalized spacial score (nSPS) is 10.9. The molecule has 3 aromatic carbocycles. The van der Waals surface area contributed by atoms with Crippen LogP contribution in [0.3, 0.4) is 0 Å². The maximum atomic E-state index is 12.8. The van der Waals surface area contributed by atoms with Crippen molar-refractivity contribution < 1.29 is 9.52 Å². The van der Waals surface area contributed by atoms with Gasteiger partial charge in [-0.15, -0.1) is 0 Å². The Morgan fingerprint density at radius 2 is 1.48 bits per heavy atom. The molecular weight excluding hydrogens is 312 g/mol. The highest BCUT2D eigenvalue weighted by molar-refractivity contribution is 6.01. The van der Waals surface area contributed by atoms with Gasteiger partial charge >= 0.3 is 5.63 Å². The van der Waals surface area contributed by atoms with E-state index in [2.05, 4.69) is 0 Å². The fourth-order valence-corrected chi connectivity index (χ4v) is 3.11. The number of rotatable bonds is 2. The van der Waals surface area contributed by atoms with Gasteiger partial charge in [0.05, 0.1) is 5.56 Å². The first-order valence-electron chi connectivity index (χ1n) is 8.06. The molecule has 0 atom stereocenters. The predicted octanol–water partition coefficient (Wildman–Crippen LogP) is 5.14. The summed E-state index contributed by atoms with van der Waals surface area (Å²) in [4.78, 5) is 12.8. The van der Waals surface area contributed by atoms with Crippen molar-refractivity contribution in [1.82, 2.24) is 0 Å². The van der Waals surface area contributed by atoms with E-state index < -0.39 is 0 Å². The average molecular weight is 328 g/mol. The topological polar surface area (TPSA) is 50.4 Å². The molecule has 1 aromatic heterocycles. The van der Waals surface area contributed by atoms with E-state index in [9.17, 15) is 9.90 Å². The Morgan fingerprint density at radius 1 is 0.800 bits per heavy atom. The molecule has 0 aliphatic rings. The minimum atomic E-state index is -0.388. The first kappa shape index (κ1) is 15.2. The lowest BCUT2D eigenvalue weighted by atomic mass is 9.92. The highest BCUT2D eigenvalue weighted by Gasteiger charge is 2.18. The summed E-state index contributed by atoms with van der Waals surface area (Å²) in [7, 11) is 0. The molecule has 0 saturated carbocycles. The Labute approximate surface area is 144 Å². The van der Waals surface area contributed by atoms with Gasteiger partial charge in [-0.05, 0) is 42.3 Å². The van der Waals surface area contributed by atoms with E-state index in [1.165, 1.54) is 0 Å². The van der Waals surface area contributed by atoms with Crippen LogP contribution in [0, 0.1) is 6.92 Å². The highest BCUT2D eigenvalue weighted by atomic mass is 16.4. The molecule has 3 nitrogen and oxygen atoms in total. The monoisotopic (exact) mass is 328 g/mol. The van der Waals surface area contributed by atoms with E-state index in [-0.39, 0.29) is 11.4 Å². The second-order valence-corrected chi connectivity index (χ2v) is 6.05. The number of aromatic hydroxyl groups is 1. The van der Waals surface area contributed by atoms with Crippen molar-refractivity contribution in [1.29, 1.82) is 0 Å². The molecule has 0 radical (unpaired) electrons. The van der Waals surface area contributed by atoms with E-state index in [1.807, 2.05) is 55.5 Å². The molecule has 1 heterocycles. The SMILES string of the molecule is Cc1ccc2oc(=O)c(-c3ccc(O)cc3)c(-c3ccccc3)c2c1. The number of hydrogen-bond donors (Lipinski definition) is 1. The fraction of sp³-hybridized carbons (Fsp3) is 0.0455. The second kappa shape index (κ2) is 5.95. The van der Waals surface area contributed by atoms with Crippen LogP contribution in [0.25, 0.3) is 33.2 Å². The van der Waals surface area contributed by atoms with Gasteiger partial charge in [0.1, 0.15) is 11.3 Å². The zero-order valence-corrected chi connectivity index (χ0v) is 13.7. The van der Waals surface area contributed by atoms with Gasteiger partial charge in [0.25, 0.3) is 0 Å². The molecule has 3 heteroatoms. The summed E-state index contributed by atoms with van der Waals surface area (Å²) in [5, 5.41) is 10.5. The second-order valence-electron chi connectivity index (χ2n) is 6.05. The Morgan fingerprint density at radius 3 is 2.20 bits per heavy atom. The maximum absolute atomic E-state index is 12.8. The summed E-state index contributed by atoms with van der Waals surface area (Å²) in [6.07, 6.45) is 0. The van der Waals surface area contributed by atoms with Crippen LogP contribution in [-0.4, -0.2) is 5.11 Å². The van der Waals surface area contributed by atoms with Gasteiger partial charge < -0.3 is 9.52 Å². The van der Waals surface area contributed by atoms with Gasteiger partial charge in [-0.1, -0.05) is 54.1 Å². The highest BCUT2D eigenvalue weighted by Crippen LogP contribution is 2.36. The molecule has 4 aromatic rings. The van der Waals surface area contributed by atoms with Crippen LogP contribution in [0.1, 0.15) is 5.56 Å². The van der Waals surface area contributed by atoms with Crippen molar-refractivity contribution in [2.75, 3.05) is 0 Å². The molecule has 1 N–H and O–H groups in total. The third-order valence-electron chi connectivity index (χ3n) is 4.28. The zero-order chi connectivity index (χ0) is 17.4. The number of phenolic OH excluding ortho intramolecular Hbond substituents is 1. The molecule has 0 fully saturated rings. The molecule has 0 bridgehead atoms. The minimum Gasteiger partial charge on any atom is -0.508 e. The molecular formula is C22H16O3. The smallest absolute Gasteiger partial charge is 0.344 e. The lowest BCUT2D eigenvalue weighted by molar-refractivity contribution is 0.475. The Bertz CT molecular complexity index is 1110. The van der Waals surface area contributed by atoms with Gasteiger partial charge in [0.2, 0.25) is 0 Å². The fourth-order valence-electron chi connectivity index (χ4n) is 3.11. The predicted molar refractivity (Wildman–Crippen MR) is 99.8 cm³/mol. The lowest BCUT2D eigenvalue weighted by Gasteiger charge is -2.13. The summed E-state index contributed by atoms with van der Waals surface area (Å²) < 4.78 is 5.58. The first-order chi connectivity index (χ1) is 12.1. The third kappa shape index (κ3) is 2.70. The first-order valence-corrected chi connectivity index (χ1v) is 8.06. The van der Waals surface area contributed by atoms with Crippen LogP contribution >= 0.6 is 0 Å². The van der Waals surface area contributed by atoms with Crippen LogP contribution in [0.2, 0.25) is 0 Å². The van der Waals surface area contributed by atoms with Crippen molar-refractivity contribution >= 4 is 11.0 Å². The summed E-state index contributed by atoms with van der Waals surface area (Å²) in [5.74, 6) is 0.158. The third-order valence-corrected chi connectivity index (χ3v) is 4.28. The quantitative estimate of drug-likeness (QED) is 0.518. The van der Waals surface area contributed by atoms with Crippen LogP contribution in [0.4, 0.5) is 0 Å². The Balaban J connectivity index is 2.16. The van der Waals surface area contributed by atoms with Crippen molar-refractivity contribution in [3.05, 3.63) is 88.8 Å². The van der Waals surface area contributed by atoms with E-state index >= 15 is 0 Å². The van der Waals surface area contributed by atoms with Crippen molar-refractivity contribution in [3.63, 3.8) is 0 Å². The number of phenols is 1. The van der Waals surface area contributed by atoms with E-state index in [0.717, 1.165) is 22.1 Å².